The van der Waals surface area contributed by atoms with E-state index in [9.17, 15) is 14.7 Å². The van der Waals surface area contributed by atoms with Crippen molar-refractivity contribution in [3.8, 4) is 0 Å². The van der Waals surface area contributed by atoms with Gasteiger partial charge in [-0.1, -0.05) is 152 Å². The van der Waals surface area contributed by atoms with E-state index in [1.807, 2.05) is 0 Å². The smallest absolute Gasteiger partial charge is 0.306 e. The molecule has 0 saturated heterocycles. The van der Waals surface area contributed by atoms with Crippen LogP contribution in [0.1, 0.15) is 168 Å². The topological polar surface area (TPSA) is 72.8 Å². The lowest BCUT2D eigenvalue weighted by molar-refractivity contribution is -0.161. The van der Waals surface area contributed by atoms with Crippen LogP contribution in [0.5, 0.6) is 0 Å². The second kappa shape index (κ2) is 35.3. The Bertz CT molecular complexity index is 752. The van der Waals surface area contributed by atoms with E-state index in [1.54, 1.807) is 0 Å². The third-order valence-corrected chi connectivity index (χ3v) is 7.63. The minimum atomic E-state index is -0.790. The molecule has 0 aliphatic carbocycles. The molecule has 1 N–H and O–H groups in total. The molecular formula is C39H68O5. The number of hydrogen-bond acceptors (Lipinski definition) is 5. The van der Waals surface area contributed by atoms with E-state index < -0.39 is 6.10 Å². The van der Waals surface area contributed by atoms with Gasteiger partial charge in [0, 0.05) is 12.8 Å². The molecule has 0 heterocycles. The van der Waals surface area contributed by atoms with Crippen LogP contribution in [0.25, 0.3) is 0 Å². The Morgan fingerprint density at radius 1 is 0.523 bits per heavy atom. The molecule has 0 bridgehead atoms. The first-order chi connectivity index (χ1) is 21.6. The van der Waals surface area contributed by atoms with E-state index >= 15 is 0 Å². The molecule has 5 nitrogen and oxygen atoms in total. The lowest BCUT2D eigenvalue weighted by Gasteiger charge is -2.15. The van der Waals surface area contributed by atoms with Gasteiger partial charge in [-0.15, -0.1) is 0 Å². The molecule has 0 radical (unpaired) electrons. The van der Waals surface area contributed by atoms with Gasteiger partial charge in [0.05, 0.1) is 6.61 Å². The lowest BCUT2D eigenvalue weighted by atomic mass is 10.0. The molecule has 0 unspecified atom stereocenters. The van der Waals surface area contributed by atoms with Gasteiger partial charge in [0.2, 0.25) is 0 Å². The van der Waals surface area contributed by atoms with Crippen LogP contribution >= 0.6 is 0 Å². The van der Waals surface area contributed by atoms with E-state index in [0.717, 1.165) is 44.9 Å². The van der Waals surface area contributed by atoms with Crippen molar-refractivity contribution in [3.05, 3.63) is 48.6 Å². The third-order valence-electron chi connectivity index (χ3n) is 7.63. The van der Waals surface area contributed by atoms with Crippen LogP contribution in [-0.2, 0) is 19.1 Å². The SMILES string of the molecule is CCCCC/C=C/C/C=C/C/C=C/C/C=C/CCCC(=O)OC[C@H](CO)OC(=O)CCCCCCCCCCCCCCC. The van der Waals surface area contributed by atoms with Crippen LogP contribution in [0.15, 0.2) is 48.6 Å². The van der Waals surface area contributed by atoms with E-state index in [4.69, 9.17) is 9.47 Å². The predicted octanol–water partition coefficient (Wildman–Crippen LogP) is 11.1. The highest BCUT2D eigenvalue weighted by Crippen LogP contribution is 2.13. The summed E-state index contributed by atoms with van der Waals surface area (Å²) < 4.78 is 10.5. The number of aliphatic hydroxyl groups excluding tert-OH is 1. The molecule has 254 valence electrons. The van der Waals surface area contributed by atoms with Crippen molar-refractivity contribution in [2.24, 2.45) is 0 Å². The number of carbonyl (C=O) groups is 2. The molecule has 0 aromatic rings. The maximum atomic E-state index is 12.1. The molecule has 0 saturated carbocycles. The fraction of sp³-hybridized carbons (Fsp3) is 0.744. The van der Waals surface area contributed by atoms with Gasteiger partial charge in [-0.25, -0.2) is 0 Å². The van der Waals surface area contributed by atoms with Crippen LogP contribution in [-0.4, -0.2) is 36.4 Å². The second-order valence-corrected chi connectivity index (χ2v) is 12.0. The highest BCUT2D eigenvalue weighted by molar-refractivity contribution is 5.70. The van der Waals surface area contributed by atoms with Gasteiger partial charge in [0.1, 0.15) is 6.61 Å². The number of ether oxygens (including phenoxy) is 2. The predicted molar refractivity (Wildman–Crippen MR) is 187 cm³/mol. The number of carbonyl (C=O) groups excluding carboxylic acids is 2. The highest BCUT2D eigenvalue weighted by atomic mass is 16.6. The van der Waals surface area contributed by atoms with E-state index in [1.165, 1.54) is 89.9 Å². The maximum absolute atomic E-state index is 12.1. The fourth-order valence-corrected chi connectivity index (χ4v) is 4.84. The van der Waals surface area contributed by atoms with Gasteiger partial charge < -0.3 is 14.6 Å². The number of esters is 2. The minimum Gasteiger partial charge on any atom is -0.462 e. The zero-order valence-corrected chi connectivity index (χ0v) is 28.7. The summed E-state index contributed by atoms with van der Waals surface area (Å²) in [5.74, 6) is -0.657. The number of hydrogen-bond donors (Lipinski definition) is 1. The second-order valence-electron chi connectivity index (χ2n) is 12.0. The number of unbranched alkanes of at least 4 members (excludes halogenated alkanes) is 16. The Morgan fingerprint density at radius 2 is 0.932 bits per heavy atom. The zero-order valence-electron chi connectivity index (χ0n) is 28.7. The maximum Gasteiger partial charge on any atom is 0.306 e. The van der Waals surface area contributed by atoms with Gasteiger partial charge >= 0.3 is 11.9 Å². The largest absolute Gasteiger partial charge is 0.462 e. The fourth-order valence-electron chi connectivity index (χ4n) is 4.84. The third kappa shape index (κ3) is 32.8. The average molecular weight is 617 g/mol. The van der Waals surface area contributed by atoms with Crippen molar-refractivity contribution in [1.82, 2.24) is 0 Å². The van der Waals surface area contributed by atoms with Crippen LogP contribution < -0.4 is 0 Å². The standard InChI is InChI=1S/C39H68O5/c1-3-5-7-9-11-13-15-17-18-19-20-22-23-25-27-29-31-33-38(41)43-36-37(35-40)44-39(42)34-32-30-28-26-24-21-16-14-12-10-8-6-4-2/h11,13,17-18,20,22,25,27,37,40H,3-10,12,14-16,19,21,23-24,26,28-36H2,1-2H3/b13-11+,18-17+,22-20+,27-25+/t37-/m0/s1. The summed E-state index contributed by atoms with van der Waals surface area (Å²) in [6.07, 6.45) is 43.1. The van der Waals surface area contributed by atoms with Crippen molar-refractivity contribution in [2.75, 3.05) is 13.2 Å². The Kier molecular flexibility index (Phi) is 33.6. The summed E-state index contributed by atoms with van der Waals surface area (Å²) in [6.45, 7) is 4.05. The van der Waals surface area contributed by atoms with Gasteiger partial charge in [-0.2, -0.15) is 0 Å². The van der Waals surface area contributed by atoms with Gasteiger partial charge in [0.25, 0.3) is 0 Å². The Balaban J connectivity index is 3.68. The molecule has 0 aliphatic heterocycles. The molecule has 0 aromatic carbocycles. The summed E-state index contributed by atoms with van der Waals surface area (Å²) in [5.41, 5.74) is 0. The van der Waals surface area contributed by atoms with E-state index in [2.05, 4.69) is 62.5 Å². The zero-order chi connectivity index (χ0) is 32.2. The molecular weight excluding hydrogens is 548 g/mol. The summed E-state index contributed by atoms with van der Waals surface area (Å²) in [7, 11) is 0. The lowest BCUT2D eigenvalue weighted by Crippen LogP contribution is -2.28. The summed E-state index contributed by atoms with van der Waals surface area (Å²) in [6, 6.07) is 0. The minimum absolute atomic E-state index is 0.0933. The van der Waals surface area contributed by atoms with E-state index in [-0.39, 0.29) is 25.2 Å². The number of rotatable bonds is 32. The normalized spacial score (nSPS) is 12.7. The molecule has 1 atom stereocenters. The molecule has 0 fully saturated rings. The molecule has 44 heavy (non-hydrogen) atoms. The molecule has 5 heteroatoms. The first kappa shape index (κ1) is 41.9. The highest BCUT2D eigenvalue weighted by Gasteiger charge is 2.16. The van der Waals surface area contributed by atoms with Crippen LogP contribution in [0.2, 0.25) is 0 Å². The van der Waals surface area contributed by atoms with Gasteiger partial charge in [-0.05, 0) is 51.4 Å². The quantitative estimate of drug-likeness (QED) is 0.0462. The summed E-state index contributed by atoms with van der Waals surface area (Å²) in [4.78, 5) is 24.1. The molecule has 0 spiro atoms. The molecule has 0 aromatic heterocycles. The number of aliphatic hydroxyl groups is 1. The first-order valence-electron chi connectivity index (χ1n) is 18.2. The summed E-state index contributed by atoms with van der Waals surface area (Å²) >= 11 is 0. The van der Waals surface area contributed by atoms with Gasteiger partial charge in [0.15, 0.2) is 6.10 Å². The Morgan fingerprint density at radius 3 is 1.43 bits per heavy atom. The van der Waals surface area contributed by atoms with E-state index in [0.29, 0.717) is 19.3 Å². The monoisotopic (exact) mass is 617 g/mol. The first-order valence-corrected chi connectivity index (χ1v) is 18.2. The van der Waals surface area contributed by atoms with Crippen molar-refractivity contribution in [3.63, 3.8) is 0 Å². The Labute approximate surface area is 271 Å². The molecule has 0 rings (SSSR count). The molecule has 0 amide bonds. The van der Waals surface area contributed by atoms with Crippen molar-refractivity contribution >= 4 is 11.9 Å². The average Bonchev–Trinajstić information content (AvgIpc) is 3.02. The van der Waals surface area contributed by atoms with Crippen LogP contribution in [0.4, 0.5) is 0 Å². The van der Waals surface area contributed by atoms with Crippen molar-refractivity contribution in [1.29, 1.82) is 0 Å². The summed E-state index contributed by atoms with van der Waals surface area (Å²) in [5, 5.41) is 9.51. The van der Waals surface area contributed by atoms with Crippen molar-refractivity contribution in [2.45, 2.75) is 174 Å². The number of allylic oxidation sites excluding steroid dienone is 8. The van der Waals surface area contributed by atoms with Gasteiger partial charge in [-0.3, -0.25) is 9.59 Å². The van der Waals surface area contributed by atoms with Crippen LogP contribution in [0, 0.1) is 0 Å². The molecule has 0 aliphatic rings. The van der Waals surface area contributed by atoms with Crippen LogP contribution in [0.3, 0.4) is 0 Å². The Hall–Kier alpha value is -2.14. The van der Waals surface area contributed by atoms with Crippen molar-refractivity contribution < 1.29 is 24.2 Å².